The van der Waals surface area contributed by atoms with E-state index in [0.29, 0.717) is 5.56 Å². The molecule has 2 aromatic carbocycles. The third kappa shape index (κ3) is 2.66. The van der Waals surface area contributed by atoms with Crippen LogP contribution in [0, 0.1) is 3.57 Å². The van der Waals surface area contributed by atoms with Crippen molar-refractivity contribution < 1.29 is 9.90 Å². The number of halogens is 1. The van der Waals surface area contributed by atoms with Crippen molar-refractivity contribution in [2.45, 2.75) is 6.92 Å². The summed E-state index contributed by atoms with van der Waals surface area (Å²) >= 11 is 2.24. The highest BCUT2D eigenvalue weighted by atomic mass is 127. The maximum atomic E-state index is 11.2. The Bertz CT molecular complexity index is 576. The lowest BCUT2D eigenvalue weighted by Crippen LogP contribution is -1.92. The van der Waals surface area contributed by atoms with E-state index in [1.165, 1.54) is 6.92 Å². The number of rotatable bonds is 2. The second-order valence-corrected chi connectivity index (χ2v) is 5.04. The molecule has 17 heavy (non-hydrogen) atoms. The molecule has 0 aliphatic heterocycles. The molecule has 0 saturated carbocycles. The Labute approximate surface area is 113 Å². The summed E-state index contributed by atoms with van der Waals surface area (Å²) in [7, 11) is 0. The molecule has 0 saturated heterocycles. The fraction of sp³-hybridized carbons (Fsp3) is 0.0714. The number of carbonyl (C=O) groups is 1. The topological polar surface area (TPSA) is 37.3 Å². The third-order valence-electron chi connectivity index (χ3n) is 2.53. The largest absolute Gasteiger partial charge is 0.507 e. The van der Waals surface area contributed by atoms with Crippen molar-refractivity contribution in [3.63, 3.8) is 0 Å². The molecule has 0 aromatic heterocycles. The summed E-state index contributed by atoms with van der Waals surface area (Å²) in [6, 6.07) is 13.1. The van der Waals surface area contributed by atoms with Crippen LogP contribution in [0.15, 0.2) is 42.5 Å². The molecule has 0 atom stereocenters. The van der Waals surface area contributed by atoms with E-state index in [2.05, 4.69) is 22.6 Å². The number of Topliss-reactive ketones (excluding diaryl/α,β-unsaturated/α-hetero) is 1. The van der Waals surface area contributed by atoms with Crippen molar-refractivity contribution in [3.05, 3.63) is 51.6 Å². The van der Waals surface area contributed by atoms with Crippen LogP contribution in [-0.4, -0.2) is 10.9 Å². The summed E-state index contributed by atoms with van der Waals surface area (Å²) in [6.07, 6.45) is 0. The van der Waals surface area contributed by atoms with Gasteiger partial charge in [0.25, 0.3) is 0 Å². The van der Waals surface area contributed by atoms with E-state index in [4.69, 9.17) is 0 Å². The predicted octanol–water partition coefficient (Wildman–Crippen LogP) is 3.87. The third-order valence-corrected chi connectivity index (χ3v) is 3.21. The van der Waals surface area contributed by atoms with Gasteiger partial charge in [0.05, 0.1) is 5.56 Å². The molecule has 0 amide bonds. The highest BCUT2D eigenvalue weighted by molar-refractivity contribution is 14.1. The Morgan fingerprint density at radius 2 is 1.82 bits per heavy atom. The van der Waals surface area contributed by atoms with E-state index in [9.17, 15) is 9.90 Å². The van der Waals surface area contributed by atoms with Crippen LogP contribution in [0.25, 0.3) is 11.1 Å². The molecule has 0 fully saturated rings. The molecule has 0 unspecified atom stereocenters. The van der Waals surface area contributed by atoms with Crippen LogP contribution >= 0.6 is 22.6 Å². The highest BCUT2D eigenvalue weighted by Gasteiger charge is 2.07. The minimum atomic E-state index is -0.128. The number of hydrogen-bond acceptors (Lipinski definition) is 2. The van der Waals surface area contributed by atoms with Crippen LogP contribution in [0.2, 0.25) is 0 Å². The Morgan fingerprint density at radius 1 is 1.12 bits per heavy atom. The Kier molecular flexibility index (Phi) is 3.47. The molecule has 2 nitrogen and oxygen atoms in total. The number of aromatic hydroxyl groups is 1. The van der Waals surface area contributed by atoms with E-state index in [-0.39, 0.29) is 11.5 Å². The first-order valence-corrected chi connectivity index (χ1v) is 6.25. The second-order valence-electron chi connectivity index (χ2n) is 3.80. The fourth-order valence-corrected chi connectivity index (χ4v) is 2.22. The maximum Gasteiger partial charge on any atom is 0.163 e. The fourth-order valence-electron chi connectivity index (χ4n) is 1.68. The molecule has 0 heterocycles. The van der Waals surface area contributed by atoms with Crippen molar-refractivity contribution in [2.75, 3.05) is 0 Å². The number of hydrogen-bond donors (Lipinski definition) is 1. The lowest BCUT2D eigenvalue weighted by Gasteiger charge is -2.05. The van der Waals surface area contributed by atoms with E-state index < -0.39 is 0 Å². The summed E-state index contributed by atoms with van der Waals surface area (Å²) in [5, 5.41) is 9.77. The van der Waals surface area contributed by atoms with Gasteiger partial charge in [-0.25, -0.2) is 0 Å². The van der Waals surface area contributed by atoms with Gasteiger partial charge >= 0.3 is 0 Å². The zero-order chi connectivity index (χ0) is 12.4. The van der Waals surface area contributed by atoms with Crippen LogP contribution in [0.3, 0.4) is 0 Å². The lowest BCUT2D eigenvalue weighted by atomic mass is 10.0. The normalized spacial score (nSPS) is 10.2. The Hall–Kier alpha value is -1.36. The molecule has 2 rings (SSSR count). The van der Waals surface area contributed by atoms with Crippen molar-refractivity contribution in [3.8, 4) is 16.9 Å². The molecule has 0 aliphatic rings. The number of benzene rings is 2. The van der Waals surface area contributed by atoms with Gasteiger partial charge in [-0.3, -0.25) is 4.79 Å². The molecule has 0 aliphatic carbocycles. The van der Waals surface area contributed by atoms with Crippen molar-refractivity contribution in [2.24, 2.45) is 0 Å². The van der Waals surface area contributed by atoms with E-state index in [0.717, 1.165) is 14.7 Å². The summed E-state index contributed by atoms with van der Waals surface area (Å²) < 4.78 is 1.13. The van der Waals surface area contributed by atoms with Crippen molar-refractivity contribution in [1.82, 2.24) is 0 Å². The highest BCUT2D eigenvalue weighted by Crippen LogP contribution is 2.27. The standard InChI is InChI=1S/C14H11IO2/c1-9(16)13-6-5-11(8-14(13)17)10-3-2-4-12(15)7-10/h2-8,17H,1H3. The van der Waals surface area contributed by atoms with Crippen LogP contribution in [0.1, 0.15) is 17.3 Å². The van der Waals surface area contributed by atoms with Gasteiger partial charge in [0.1, 0.15) is 5.75 Å². The number of phenols is 1. The number of phenolic OH excluding ortho intramolecular Hbond substituents is 1. The quantitative estimate of drug-likeness (QED) is 0.667. The lowest BCUT2D eigenvalue weighted by molar-refractivity contribution is 0.101. The van der Waals surface area contributed by atoms with Crippen molar-refractivity contribution in [1.29, 1.82) is 0 Å². The van der Waals surface area contributed by atoms with E-state index >= 15 is 0 Å². The average molecular weight is 338 g/mol. The molecule has 2 aromatic rings. The molecule has 1 N–H and O–H groups in total. The van der Waals surface area contributed by atoms with E-state index in [1.54, 1.807) is 12.1 Å². The van der Waals surface area contributed by atoms with Crippen LogP contribution < -0.4 is 0 Å². The van der Waals surface area contributed by atoms with Gasteiger partial charge in [-0.05, 0) is 64.9 Å². The summed E-state index contributed by atoms with van der Waals surface area (Å²) in [5.41, 5.74) is 2.30. The molecular formula is C14H11IO2. The molecule has 3 heteroatoms. The van der Waals surface area contributed by atoms with Crippen LogP contribution in [0.5, 0.6) is 5.75 Å². The van der Waals surface area contributed by atoms with Gasteiger partial charge in [-0.1, -0.05) is 18.2 Å². The number of carbonyl (C=O) groups excluding carboxylic acids is 1. The maximum absolute atomic E-state index is 11.2. The molecule has 0 spiro atoms. The Balaban J connectivity index is 2.48. The zero-order valence-corrected chi connectivity index (χ0v) is 11.4. The molecule has 0 radical (unpaired) electrons. The molecular weight excluding hydrogens is 327 g/mol. The average Bonchev–Trinajstić information content (AvgIpc) is 2.28. The smallest absolute Gasteiger partial charge is 0.163 e. The minimum absolute atomic E-state index is 0.0360. The van der Waals surface area contributed by atoms with Crippen LogP contribution in [-0.2, 0) is 0 Å². The van der Waals surface area contributed by atoms with Gasteiger partial charge in [0.2, 0.25) is 0 Å². The van der Waals surface area contributed by atoms with Gasteiger partial charge in [-0.2, -0.15) is 0 Å². The first kappa shape index (κ1) is 12.1. The van der Waals surface area contributed by atoms with Crippen LogP contribution in [0.4, 0.5) is 0 Å². The van der Waals surface area contributed by atoms with Gasteiger partial charge in [0.15, 0.2) is 5.78 Å². The summed E-state index contributed by atoms with van der Waals surface area (Å²) in [5.74, 6) is -0.0921. The van der Waals surface area contributed by atoms with E-state index in [1.807, 2.05) is 30.3 Å². The predicted molar refractivity (Wildman–Crippen MR) is 76.3 cm³/mol. The van der Waals surface area contributed by atoms with Gasteiger partial charge in [0, 0.05) is 3.57 Å². The Morgan fingerprint density at radius 3 is 2.41 bits per heavy atom. The SMILES string of the molecule is CC(=O)c1ccc(-c2cccc(I)c2)cc1O. The molecule has 0 bridgehead atoms. The number of ketones is 1. The summed E-state index contributed by atoms with van der Waals surface area (Å²) in [4.78, 5) is 11.2. The molecule has 86 valence electrons. The second kappa shape index (κ2) is 4.87. The monoisotopic (exact) mass is 338 g/mol. The summed E-state index contributed by atoms with van der Waals surface area (Å²) in [6.45, 7) is 1.44. The van der Waals surface area contributed by atoms with Gasteiger partial charge < -0.3 is 5.11 Å². The minimum Gasteiger partial charge on any atom is -0.507 e. The zero-order valence-electron chi connectivity index (χ0n) is 9.27. The van der Waals surface area contributed by atoms with Gasteiger partial charge in [-0.15, -0.1) is 0 Å². The first-order chi connectivity index (χ1) is 8.08. The first-order valence-electron chi connectivity index (χ1n) is 5.18. The van der Waals surface area contributed by atoms with Crippen molar-refractivity contribution >= 4 is 28.4 Å².